The molecule has 10 nitrogen and oxygen atoms in total. The van der Waals surface area contributed by atoms with Gasteiger partial charge >= 0.3 is 0 Å². The summed E-state index contributed by atoms with van der Waals surface area (Å²) in [5.74, 6) is 1.46. The quantitative estimate of drug-likeness (QED) is 0.173. The highest BCUT2D eigenvalue weighted by atomic mass is 19.1. The SMILES string of the molecule is C=c1/c(=C\C=C(/C)c2ccncc2F)nc(-c2cccnc2N)n1-c1ccc(CN2CCC(Nc3ccnc(C#N)n3)CC2)cc1.CC.CC.CC. The number of piperidine rings is 1. The summed E-state index contributed by atoms with van der Waals surface area (Å²) in [6.45, 7) is 20.9. The number of imidazole rings is 1. The van der Waals surface area contributed by atoms with Gasteiger partial charge in [-0.05, 0) is 73.4 Å². The Morgan fingerprint density at radius 2 is 1.69 bits per heavy atom. The number of nitrogens with one attached hydrogen (secondary N) is 1. The summed E-state index contributed by atoms with van der Waals surface area (Å²) in [7, 11) is 0. The molecule has 0 unspecified atom stereocenters. The summed E-state index contributed by atoms with van der Waals surface area (Å²) in [6.07, 6.45) is 11.6. The van der Waals surface area contributed by atoms with Gasteiger partial charge in [-0.3, -0.25) is 14.5 Å². The number of hydrogen-bond acceptors (Lipinski definition) is 9. The summed E-state index contributed by atoms with van der Waals surface area (Å²) >= 11 is 0. The van der Waals surface area contributed by atoms with Crippen LogP contribution in [-0.2, 0) is 6.54 Å². The van der Waals surface area contributed by atoms with Crippen LogP contribution in [0.25, 0.3) is 35.3 Å². The number of anilines is 2. The normalized spacial score (nSPS) is 13.4. The van der Waals surface area contributed by atoms with E-state index in [1.807, 2.05) is 83.4 Å². The molecule has 1 aromatic carbocycles. The van der Waals surface area contributed by atoms with Crippen LogP contribution in [0.1, 0.15) is 78.3 Å². The van der Waals surface area contributed by atoms with Crippen molar-refractivity contribution in [2.75, 3.05) is 24.1 Å². The number of halogens is 1. The van der Waals surface area contributed by atoms with E-state index in [0.29, 0.717) is 45.3 Å². The van der Waals surface area contributed by atoms with E-state index in [9.17, 15) is 4.39 Å². The third kappa shape index (κ3) is 10.4. The van der Waals surface area contributed by atoms with Crippen molar-refractivity contribution in [2.24, 2.45) is 0 Å². The summed E-state index contributed by atoms with van der Waals surface area (Å²) in [5, 5.41) is 13.8. The highest BCUT2D eigenvalue weighted by molar-refractivity contribution is 5.72. The summed E-state index contributed by atoms with van der Waals surface area (Å²) in [5.41, 5.74) is 10.3. The molecule has 1 fully saturated rings. The number of rotatable bonds is 8. The number of nitrogens with zero attached hydrogens (tertiary/aromatic N) is 8. The smallest absolute Gasteiger partial charge is 0.234 e. The summed E-state index contributed by atoms with van der Waals surface area (Å²) in [6, 6.07) is 17.8. The van der Waals surface area contributed by atoms with Crippen LogP contribution >= 0.6 is 0 Å². The van der Waals surface area contributed by atoms with Gasteiger partial charge in [0.2, 0.25) is 5.82 Å². The maximum Gasteiger partial charge on any atom is 0.234 e. The Hall–Kier alpha value is -5.73. The molecule has 1 aliphatic heterocycles. The molecule has 6 rings (SSSR count). The van der Waals surface area contributed by atoms with Gasteiger partial charge in [0.05, 0.1) is 22.5 Å². The second-order valence-corrected chi connectivity index (χ2v) is 11.1. The van der Waals surface area contributed by atoms with Crippen molar-refractivity contribution < 1.29 is 4.39 Å². The lowest BCUT2D eigenvalue weighted by molar-refractivity contribution is 0.211. The molecule has 0 spiro atoms. The molecule has 0 saturated carbocycles. The fourth-order valence-corrected chi connectivity index (χ4v) is 5.60. The predicted octanol–water partition coefficient (Wildman–Crippen LogP) is 7.16. The largest absolute Gasteiger partial charge is 0.383 e. The fraction of sp³-hybridized carbons (Fsp3) is 0.317. The molecule has 5 heterocycles. The zero-order valence-corrected chi connectivity index (χ0v) is 31.4. The molecule has 272 valence electrons. The number of nitriles is 1. The molecule has 3 N–H and O–H groups in total. The van der Waals surface area contributed by atoms with Crippen LogP contribution in [0.15, 0.2) is 79.4 Å². The van der Waals surface area contributed by atoms with Gasteiger partial charge in [0.15, 0.2) is 0 Å². The third-order valence-electron chi connectivity index (χ3n) is 8.07. The molecule has 0 aliphatic carbocycles. The van der Waals surface area contributed by atoms with Crippen LogP contribution in [0.3, 0.4) is 0 Å². The fourth-order valence-electron chi connectivity index (χ4n) is 5.60. The first-order valence-corrected chi connectivity index (χ1v) is 18.0. The van der Waals surface area contributed by atoms with E-state index in [-0.39, 0.29) is 11.6 Å². The standard InChI is InChI=1S/C35H33FN10.3C2H6/c1-23(28-11-16-39-21-30(28)36)5-10-31-24(2)46(35(43-31)29-4-3-15-41-34(29)38)27-8-6-25(7-9-27)22-45-18-13-26(14-19-45)42-32-12-17-40-33(20-37)44-32;3*1-2/h3-12,15-17,21,26H,2,13-14,18-19,22H2,1H3,(H2,38,41)(H,40,42,44);3*1-2H3/b23-5+,31-10+;;;. The van der Waals surface area contributed by atoms with Crippen molar-refractivity contribution >= 4 is 29.9 Å². The molecular weight excluding hydrogens is 652 g/mol. The molecule has 0 atom stereocenters. The van der Waals surface area contributed by atoms with E-state index >= 15 is 0 Å². The maximum atomic E-state index is 14.3. The van der Waals surface area contributed by atoms with Gasteiger partial charge in [-0.2, -0.15) is 5.26 Å². The third-order valence-corrected chi connectivity index (χ3v) is 8.07. The topological polar surface area (TPSA) is 134 Å². The van der Waals surface area contributed by atoms with Crippen LogP contribution < -0.4 is 21.7 Å². The lowest BCUT2D eigenvalue weighted by Gasteiger charge is -2.32. The highest BCUT2D eigenvalue weighted by Gasteiger charge is 2.20. The average molecular weight is 703 g/mol. The van der Waals surface area contributed by atoms with Gasteiger partial charge < -0.3 is 11.1 Å². The Morgan fingerprint density at radius 3 is 2.35 bits per heavy atom. The summed E-state index contributed by atoms with van der Waals surface area (Å²) in [4.78, 5) is 23.6. The Labute approximate surface area is 307 Å². The zero-order chi connectivity index (χ0) is 38.0. The van der Waals surface area contributed by atoms with E-state index in [4.69, 9.17) is 16.0 Å². The van der Waals surface area contributed by atoms with Crippen LogP contribution in [0.4, 0.5) is 16.0 Å². The molecule has 11 heteroatoms. The molecule has 0 bridgehead atoms. The van der Waals surface area contributed by atoms with Gasteiger partial charge in [-0.1, -0.05) is 66.3 Å². The number of likely N-dealkylation sites (tertiary alicyclic amines) is 1. The van der Waals surface area contributed by atoms with E-state index in [0.717, 1.165) is 43.7 Å². The molecule has 5 aromatic rings. The number of aromatic nitrogens is 6. The zero-order valence-electron chi connectivity index (χ0n) is 31.4. The Morgan fingerprint density at radius 1 is 0.981 bits per heavy atom. The van der Waals surface area contributed by atoms with E-state index in [1.165, 1.54) is 11.8 Å². The molecule has 4 aromatic heterocycles. The minimum atomic E-state index is -0.382. The minimum absolute atomic E-state index is 0.169. The van der Waals surface area contributed by atoms with Gasteiger partial charge in [-0.25, -0.2) is 24.3 Å². The van der Waals surface area contributed by atoms with Crippen molar-refractivity contribution in [3.63, 3.8) is 0 Å². The Kier molecular flexibility index (Phi) is 16.3. The lowest BCUT2D eigenvalue weighted by atomic mass is 10.0. The maximum absolute atomic E-state index is 14.3. The van der Waals surface area contributed by atoms with Crippen molar-refractivity contribution in [1.29, 1.82) is 5.26 Å². The van der Waals surface area contributed by atoms with Gasteiger partial charge in [0.25, 0.3) is 0 Å². The number of nitrogen functional groups attached to an aromatic ring is 1. The summed E-state index contributed by atoms with van der Waals surface area (Å²) < 4.78 is 16.3. The van der Waals surface area contributed by atoms with Crippen LogP contribution in [0.5, 0.6) is 0 Å². The van der Waals surface area contributed by atoms with Gasteiger partial charge in [0.1, 0.15) is 29.3 Å². The van der Waals surface area contributed by atoms with Crippen molar-refractivity contribution in [3.8, 4) is 23.1 Å². The molecule has 0 radical (unpaired) electrons. The van der Waals surface area contributed by atoms with E-state index in [2.05, 4.69) is 61.0 Å². The van der Waals surface area contributed by atoms with Gasteiger partial charge in [-0.15, -0.1) is 0 Å². The average Bonchev–Trinajstić information content (AvgIpc) is 3.52. The first-order chi connectivity index (χ1) is 25.4. The molecule has 52 heavy (non-hydrogen) atoms. The number of benzene rings is 1. The molecule has 0 amide bonds. The van der Waals surface area contributed by atoms with Crippen LogP contribution in [0, 0.1) is 17.1 Å². The van der Waals surface area contributed by atoms with Crippen molar-refractivity contribution in [3.05, 3.63) is 113 Å². The number of allylic oxidation sites excluding steroid dienone is 2. The molecular formula is C41H51FN10. The number of nitrogens with two attached hydrogens (primary N) is 1. The number of hydrogen-bond donors (Lipinski definition) is 2. The van der Waals surface area contributed by atoms with Crippen molar-refractivity contribution in [1.82, 2.24) is 34.4 Å². The Balaban J connectivity index is 0.00000116. The lowest BCUT2D eigenvalue weighted by Crippen LogP contribution is -2.38. The van der Waals surface area contributed by atoms with Crippen molar-refractivity contribution in [2.45, 2.75) is 73.9 Å². The Bertz CT molecular complexity index is 2040. The van der Waals surface area contributed by atoms with Gasteiger partial charge in [0, 0.05) is 55.5 Å². The monoisotopic (exact) mass is 702 g/mol. The minimum Gasteiger partial charge on any atom is -0.383 e. The van der Waals surface area contributed by atoms with Crippen LogP contribution in [0.2, 0.25) is 0 Å². The highest BCUT2D eigenvalue weighted by Crippen LogP contribution is 2.24. The van der Waals surface area contributed by atoms with E-state index < -0.39 is 0 Å². The molecule has 1 aliphatic rings. The van der Waals surface area contributed by atoms with E-state index in [1.54, 1.807) is 30.7 Å². The van der Waals surface area contributed by atoms with Crippen LogP contribution in [-0.4, -0.2) is 53.5 Å². The number of pyridine rings is 2. The first-order valence-electron chi connectivity index (χ1n) is 18.0. The second kappa shape index (κ2) is 20.8. The molecule has 1 saturated heterocycles. The first kappa shape index (κ1) is 40.7. The predicted molar refractivity (Wildman–Crippen MR) is 211 cm³/mol. The second-order valence-electron chi connectivity index (χ2n) is 11.1.